The fourth-order valence-electron chi connectivity index (χ4n) is 2.72. The molecule has 16 heavy (non-hydrogen) atoms. The van der Waals surface area contributed by atoms with E-state index < -0.39 is 0 Å². The zero-order valence-corrected chi connectivity index (χ0v) is 9.45. The van der Waals surface area contributed by atoms with Crippen LogP contribution in [0.25, 0.3) is 0 Å². The number of benzene rings is 1. The van der Waals surface area contributed by atoms with E-state index in [1.165, 1.54) is 19.3 Å². The first kappa shape index (κ1) is 10.3. The van der Waals surface area contributed by atoms with E-state index in [0.29, 0.717) is 12.0 Å². The summed E-state index contributed by atoms with van der Waals surface area (Å²) in [5.74, 6) is 0.411. The van der Waals surface area contributed by atoms with Crippen molar-refractivity contribution in [3.63, 3.8) is 0 Å². The number of nitrogens with one attached hydrogen (secondary N) is 1. The summed E-state index contributed by atoms with van der Waals surface area (Å²) in [7, 11) is 0. The van der Waals surface area contributed by atoms with Crippen molar-refractivity contribution >= 4 is 0 Å². The third kappa shape index (κ3) is 1.86. The van der Waals surface area contributed by atoms with Gasteiger partial charge in [0.1, 0.15) is 5.82 Å². The molecule has 0 radical (unpaired) electrons. The van der Waals surface area contributed by atoms with E-state index in [-0.39, 0.29) is 5.82 Å². The van der Waals surface area contributed by atoms with Crippen LogP contribution in [0.15, 0.2) is 24.3 Å². The van der Waals surface area contributed by atoms with Crippen LogP contribution >= 0.6 is 0 Å². The first-order valence-electron chi connectivity index (χ1n) is 6.33. The second-order valence-electron chi connectivity index (χ2n) is 5.18. The van der Waals surface area contributed by atoms with Gasteiger partial charge in [0.25, 0.3) is 0 Å². The lowest BCUT2D eigenvalue weighted by Gasteiger charge is -2.41. The van der Waals surface area contributed by atoms with Gasteiger partial charge in [0, 0.05) is 12.1 Å². The minimum atomic E-state index is -0.0328. The fourth-order valence-corrected chi connectivity index (χ4v) is 2.72. The highest BCUT2D eigenvalue weighted by Gasteiger charge is 2.33. The minimum Gasteiger partial charge on any atom is -0.311 e. The smallest absolute Gasteiger partial charge is 0.126 e. The van der Waals surface area contributed by atoms with Gasteiger partial charge in [0.05, 0.1) is 0 Å². The molecule has 2 aliphatic rings. The molecule has 0 aromatic heterocycles. The van der Waals surface area contributed by atoms with Crippen LogP contribution in [0.5, 0.6) is 0 Å². The van der Waals surface area contributed by atoms with Crippen LogP contribution < -0.4 is 5.32 Å². The maximum Gasteiger partial charge on any atom is 0.126 e. The van der Waals surface area contributed by atoms with E-state index >= 15 is 0 Å². The summed E-state index contributed by atoms with van der Waals surface area (Å²) in [5.41, 5.74) is 0.911. The Morgan fingerprint density at radius 2 is 1.81 bits per heavy atom. The third-order valence-electron chi connectivity index (χ3n) is 4.06. The van der Waals surface area contributed by atoms with Crippen LogP contribution in [0.1, 0.15) is 43.6 Å². The van der Waals surface area contributed by atoms with Gasteiger partial charge in [-0.2, -0.15) is 0 Å². The maximum absolute atomic E-state index is 13.5. The molecule has 1 aromatic rings. The third-order valence-corrected chi connectivity index (χ3v) is 4.06. The summed E-state index contributed by atoms with van der Waals surface area (Å²) < 4.78 is 13.5. The Kier molecular flexibility index (Phi) is 2.68. The van der Waals surface area contributed by atoms with Crippen molar-refractivity contribution in [3.8, 4) is 0 Å². The molecule has 0 saturated heterocycles. The van der Waals surface area contributed by atoms with Crippen molar-refractivity contribution in [1.82, 2.24) is 5.32 Å². The molecule has 2 saturated carbocycles. The number of rotatable bonds is 3. The van der Waals surface area contributed by atoms with Crippen molar-refractivity contribution in [3.05, 3.63) is 35.6 Å². The Bertz CT molecular complexity index is 367. The van der Waals surface area contributed by atoms with Gasteiger partial charge < -0.3 is 5.32 Å². The van der Waals surface area contributed by atoms with Gasteiger partial charge in [0.2, 0.25) is 0 Å². The molecule has 2 fully saturated rings. The highest BCUT2D eigenvalue weighted by Crippen LogP contribution is 2.39. The standard InChI is InChI=1S/C14H18FN/c15-14-7-2-1-6-13(14)10-8-12(9-10)16-11-4-3-5-11/h1-2,6-7,10-12,16H,3-5,8-9H2. The molecule has 0 heterocycles. The summed E-state index contributed by atoms with van der Waals surface area (Å²) in [5, 5.41) is 3.65. The van der Waals surface area contributed by atoms with Crippen LogP contribution in [0.2, 0.25) is 0 Å². The van der Waals surface area contributed by atoms with Gasteiger partial charge in [-0.15, -0.1) is 0 Å². The zero-order chi connectivity index (χ0) is 11.0. The quantitative estimate of drug-likeness (QED) is 0.823. The Labute approximate surface area is 96.1 Å². The predicted molar refractivity (Wildman–Crippen MR) is 62.9 cm³/mol. The Morgan fingerprint density at radius 3 is 2.44 bits per heavy atom. The zero-order valence-electron chi connectivity index (χ0n) is 9.45. The highest BCUT2D eigenvalue weighted by atomic mass is 19.1. The lowest BCUT2D eigenvalue weighted by atomic mass is 9.74. The molecular weight excluding hydrogens is 201 g/mol. The molecule has 0 atom stereocenters. The molecule has 3 rings (SSSR count). The topological polar surface area (TPSA) is 12.0 Å². The summed E-state index contributed by atoms with van der Waals surface area (Å²) in [4.78, 5) is 0. The minimum absolute atomic E-state index is 0.0328. The Morgan fingerprint density at radius 1 is 1.06 bits per heavy atom. The summed E-state index contributed by atoms with van der Waals surface area (Å²) in [6.45, 7) is 0. The van der Waals surface area contributed by atoms with Crippen LogP contribution in [0, 0.1) is 5.82 Å². The van der Waals surface area contributed by atoms with E-state index in [1.807, 2.05) is 12.1 Å². The highest BCUT2D eigenvalue weighted by molar-refractivity contribution is 5.24. The molecule has 1 nitrogen and oxygen atoms in total. The van der Waals surface area contributed by atoms with Crippen molar-refractivity contribution in [1.29, 1.82) is 0 Å². The molecule has 0 spiro atoms. The lowest BCUT2D eigenvalue weighted by molar-refractivity contribution is 0.218. The molecule has 0 amide bonds. The SMILES string of the molecule is Fc1ccccc1C1CC(NC2CCC2)C1. The van der Waals surface area contributed by atoms with E-state index in [4.69, 9.17) is 0 Å². The van der Waals surface area contributed by atoms with E-state index in [2.05, 4.69) is 5.32 Å². The molecule has 1 N–H and O–H groups in total. The molecule has 1 aromatic carbocycles. The predicted octanol–water partition coefficient (Wildman–Crippen LogP) is 3.21. The van der Waals surface area contributed by atoms with Crippen molar-refractivity contribution in [2.24, 2.45) is 0 Å². The average Bonchev–Trinajstić information content (AvgIpc) is 2.15. The molecule has 0 aliphatic heterocycles. The first-order valence-corrected chi connectivity index (χ1v) is 6.33. The number of hydrogen-bond acceptors (Lipinski definition) is 1. The number of halogens is 1. The van der Waals surface area contributed by atoms with Crippen molar-refractivity contribution in [2.75, 3.05) is 0 Å². The molecular formula is C14H18FN. The van der Waals surface area contributed by atoms with Gasteiger partial charge in [-0.1, -0.05) is 24.6 Å². The second-order valence-corrected chi connectivity index (χ2v) is 5.18. The van der Waals surface area contributed by atoms with E-state index in [1.54, 1.807) is 12.1 Å². The Hall–Kier alpha value is -0.890. The Balaban J connectivity index is 1.54. The van der Waals surface area contributed by atoms with E-state index in [0.717, 1.165) is 24.4 Å². The summed E-state index contributed by atoms with van der Waals surface area (Å²) in [6, 6.07) is 8.59. The lowest BCUT2D eigenvalue weighted by Crippen LogP contribution is -2.48. The normalized spacial score (nSPS) is 29.6. The van der Waals surface area contributed by atoms with Gasteiger partial charge in [0.15, 0.2) is 0 Å². The molecule has 2 aliphatic carbocycles. The van der Waals surface area contributed by atoms with Gasteiger partial charge in [-0.25, -0.2) is 4.39 Å². The van der Waals surface area contributed by atoms with Crippen LogP contribution in [-0.4, -0.2) is 12.1 Å². The molecule has 86 valence electrons. The summed E-state index contributed by atoms with van der Waals surface area (Å²) in [6.07, 6.45) is 6.26. The van der Waals surface area contributed by atoms with Gasteiger partial charge in [-0.3, -0.25) is 0 Å². The van der Waals surface area contributed by atoms with E-state index in [9.17, 15) is 4.39 Å². The fraction of sp³-hybridized carbons (Fsp3) is 0.571. The first-order chi connectivity index (χ1) is 7.83. The van der Waals surface area contributed by atoms with Crippen LogP contribution in [0.4, 0.5) is 4.39 Å². The van der Waals surface area contributed by atoms with Gasteiger partial charge in [-0.05, 0) is 43.2 Å². The molecule has 2 heteroatoms. The number of hydrogen-bond donors (Lipinski definition) is 1. The molecule has 0 unspecified atom stereocenters. The largest absolute Gasteiger partial charge is 0.311 e. The maximum atomic E-state index is 13.5. The monoisotopic (exact) mass is 219 g/mol. The van der Waals surface area contributed by atoms with Crippen molar-refractivity contribution < 1.29 is 4.39 Å². The second kappa shape index (κ2) is 4.17. The average molecular weight is 219 g/mol. The van der Waals surface area contributed by atoms with Gasteiger partial charge >= 0.3 is 0 Å². The molecule has 0 bridgehead atoms. The van der Waals surface area contributed by atoms with Crippen LogP contribution in [-0.2, 0) is 0 Å². The van der Waals surface area contributed by atoms with Crippen LogP contribution in [0.3, 0.4) is 0 Å². The van der Waals surface area contributed by atoms with Crippen molar-refractivity contribution in [2.45, 2.75) is 50.1 Å². The summed E-state index contributed by atoms with van der Waals surface area (Å²) >= 11 is 0.